The maximum absolute atomic E-state index is 12.8. The number of rotatable bonds is 6. The largest absolute Gasteiger partial charge is 0.393 e. The highest BCUT2D eigenvalue weighted by molar-refractivity contribution is 5.82. The van der Waals surface area contributed by atoms with Gasteiger partial charge in [0, 0.05) is 11.6 Å². The highest BCUT2D eigenvalue weighted by atomic mass is 16.3. The number of amides is 1. The summed E-state index contributed by atoms with van der Waals surface area (Å²) in [5, 5.41) is 17.5. The van der Waals surface area contributed by atoms with Crippen molar-refractivity contribution in [1.82, 2.24) is 10.6 Å². The molecule has 1 aromatic carbocycles. The molecule has 28 heavy (non-hydrogen) atoms. The zero-order chi connectivity index (χ0) is 20.1. The molecule has 0 spiro atoms. The van der Waals surface area contributed by atoms with Crippen LogP contribution in [0.1, 0.15) is 71.3 Å². The van der Waals surface area contributed by atoms with E-state index in [9.17, 15) is 9.90 Å². The van der Waals surface area contributed by atoms with Gasteiger partial charge in [0.15, 0.2) is 0 Å². The van der Waals surface area contributed by atoms with Crippen LogP contribution in [0.15, 0.2) is 30.3 Å². The normalized spacial score (nSPS) is 29.0. The minimum Gasteiger partial charge on any atom is -0.393 e. The van der Waals surface area contributed by atoms with Crippen molar-refractivity contribution in [2.75, 3.05) is 0 Å². The first kappa shape index (κ1) is 21.3. The minimum absolute atomic E-state index is 0.111. The number of carbonyl (C=O) groups excluding carboxylic acids is 1. The van der Waals surface area contributed by atoms with E-state index in [1.807, 2.05) is 26.8 Å². The fraction of sp³-hybridized carbons (Fsp3) is 0.708. The molecular formula is C24H38N2O2. The number of fused-ring (bicyclic) bond motifs is 1. The third-order valence-electron chi connectivity index (χ3n) is 6.39. The quantitative estimate of drug-likeness (QED) is 0.696. The molecule has 1 heterocycles. The van der Waals surface area contributed by atoms with Gasteiger partial charge >= 0.3 is 0 Å². The predicted molar refractivity (Wildman–Crippen MR) is 114 cm³/mol. The standard InChI is InChI=1S/C24H38N2O2/c1-24(2,3)26-23(28)22-15-18-11-7-8-12-20(18)21(25-22)16-19(27)14-13-17-9-5-4-6-10-17/h4-6,9-10,18-22,25,27H,7-8,11-16H2,1-3H3,(H,26,28). The van der Waals surface area contributed by atoms with E-state index in [2.05, 4.69) is 34.9 Å². The lowest BCUT2D eigenvalue weighted by Crippen LogP contribution is -2.60. The molecule has 1 amide bonds. The maximum Gasteiger partial charge on any atom is 0.237 e. The van der Waals surface area contributed by atoms with Crippen molar-refractivity contribution >= 4 is 5.91 Å². The van der Waals surface area contributed by atoms with E-state index in [0.717, 1.165) is 25.7 Å². The first-order chi connectivity index (χ1) is 13.3. The monoisotopic (exact) mass is 386 g/mol. The zero-order valence-corrected chi connectivity index (χ0v) is 17.8. The topological polar surface area (TPSA) is 61.4 Å². The minimum atomic E-state index is -0.329. The lowest BCUT2D eigenvalue weighted by atomic mass is 9.68. The van der Waals surface area contributed by atoms with Crippen molar-refractivity contribution in [2.45, 2.75) is 95.9 Å². The number of aliphatic hydroxyl groups excluding tert-OH is 1. The summed E-state index contributed by atoms with van der Waals surface area (Å²) in [7, 11) is 0. The Morgan fingerprint density at radius 3 is 2.64 bits per heavy atom. The van der Waals surface area contributed by atoms with E-state index < -0.39 is 0 Å². The van der Waals surface area contributed by atoms with Gasteiger partial charge in [-0.1, -0.05) is 49.6 Å². The van der Waals surface area contributed by atoms with Crippen molar-refractivity contribution in [3.8, 4) is 0 Å². The number of aliphatic hydroxyl groups is 1. The van der Waals surface area contributed by atoms with Gasteiger partial charge in [0.1, 0.15) is 0 Å². The van der Waals surface area contributed by atoms with Gasteiger partial charge in [-0.2, -0.15) is 0 Å². The highest BCUT2D eigenvalue weighted by Crippen LogP contribution is 2.40. The summed E-state index contributed by atoms with van der Waals surface area (Å²) in [6, 6.07) is 10.5. The van der Waals surface area contributed by atoms with Gasteiger partial charge in [0.25, 0.3) is 0 Å². The Morgan fingerprint density at radius 2 is 1.93 bits per heavy atom. The lowest BCUT2D eigenvalue weighted by molar-refractivity contribution is -0.127. The van der Waals surface area contributed by atoms with Crippen LogP contribution < -0.4 is 10.6 Å². The maximum atomic E-state index is 12.8. The van der Waals surface area contributed by atoms with Crippen LogP contribution in [0.25, 0.3) is 0 Å². The summed E-state index contributed by atoms with van der Waals surface area (Å²) < 4.78 is 0. The van der Waals surface area contributed by atoms with E-state index in [1.165, 1.54) is 31.2 Å². The van der Waals surface area contributed by atoms with Gasteiger partial charge in [-0.25, -0.2) is 0 Å². The molecule has 1 aliphatic carbocycles. The third-order valence-corrected chi connectivity index (χ3v) is 6.39. The molecule has 5 atom stereocenters. The van der Waals surface area contributed by atoms with Gasteiger partial charge in [-0.15, -0.1) is 0 Å². The van der Waals surface area contributed by atoms with Gasteiger partial charge in [0.2, 0.25) is 5.91 Å². The second-order valence-corrected chi connectivity index (χ2v) is 9.92. The molecule has 3 rings (SSSR count). The molecule has 0 bridgehead atoms. The van der Waals surface area contributed by atoms with Crippen LogP contribution in [0.5, 0.6) is 0 Å². The Labute approximate surface area is 170 Å². The van der Waals surface area contributed by atoms with E-state index in [-0.39, 0.29) is 29.6 Å². The van der Waals surface area contributed by atoms with Crippen molar-refractivity contribution in [1.29, 1.82) is 0 Å². The number of benzene rings is 1. The van der Waals surface area contributed by atoms with Crippen LogP contribution in [0.2, 0.25) is 0 Å². The molecule has 0 aromatic heterocycles. The number of hydrogen-bond acceptors (Lipinski definition) is 3. The number of hydrogen-bond donors (Lipinski definition) is 3. The van der Waals surface area contributed by atoms with Crippen molar-refractivity contribution in [3.63, 3.8) is 0 Å². The van der Waals surface area contributed by atoms with Crippen LogP contribution in [0.3, 0.4) is 0 Å². The van der Waals surface area contributed by atoms with E-state index >= 15 is 0 Å². The summed E-state index contributed by atoms with van der Waals surface area (Å²) in [6.45, 7) is 6.09. The van der Waals surface area contributed by atoms with Crippen LogP contribution in [0.4, 0.5) is 0 Å². The molecule has 1 aliphatic heterocycles. The summed E-state index contributed by atoms with van der Waals surface area (Å²) >= 11 is 0. The predicted octanol–water partition coefficient (Wildman–Crippen LogP) is 3.82. The van der Waals surface area contributed by atoms with Crippen LogP contribution >= 0.6 is 0 Å². The zero-order valence-electron chi connectivity index (χ0n) is 17.8. The van der Waals surface area contributed by atoms with E-state index in [1.54, 1.807) is 0 Å². The van der Waals surface area contributed by atoms with Crippen LogP contribution in [0, 0.1) is 11.8 Å². The molecule has 1 saturated heterocycles. The Balaban J connectivity index is 1.60. The fourth-order valence-corrected chi connectivity index (χ4v) is 5.08. The Hall–Kier alpha value is -1.39. The Bertz CT molecular complexity index is 625. The molecule has 5 unspecified atom stereocenters. The van der Waals surface area contributed by atoms with E-state index in [0.29, 0.717) is 11.8 Å². The number of aryl methyl sites for hydroxylation is 1. The number of carbonyl (C=O) groups is 1. The second-order valence-electron chi connectivity index (χ2n) is 9.92. The summed E-state index contributed by atoms with van der Waals surface area (Å²) in [5.41, 5.74) is 1.06. The summed E-state index contributed by atoms with van der Waals surface area (Å²) in [4.78, 5) is 12.8. The van der Waals surface area contributed by atoms with Gasteiger partial charge in [0.05, 0.1) is 12.1 Å². The Kier molecular flexibility index (Phi) is 7.16. The molecular weight excluding hydrogens is 348 g/mol. The summed E-state index contributed by atoms with van der Waals surface area (Å²) in [6.07, 6.45) is 8.02. The van der Waals surface area contributed by atoms with E-state index in [4.69, 9.17) is 0 Å². The fourth-order valence-electron chi connectivity index (χ4n) is 5.08. The number of piperidine rings is 1. The molecule has 3 N–H and O–H groups in total. The lowest BCUT2D eigenvalue weighted by Gasteiger charge is -2.46. The second kappa shape index (κ2) is 9.41. The van der Waals surface area contributed by atoms with Crippen molar-refractivity contribution in [3.05, 3.63) is 35.9 Å². The molecule has 2 aliphatic rings. The van der Waals surface area contributed by atoms with Crippen molar-refractivity contribution < 1.29 is 9.90 Å². The first-order valence-corrected chi connectivity index (χ1v) is 11.1. The molecule has 156 valence electrons. The highest BCUT2D eigenvalue weighted by Gasteiger charge is 2.41. The first-order valence-electron chi connectivity index (χ1n) is 11.1. The van der Waals surface area contributed by atoms with Gasteiger partial charge < -0.3 is 15.7 Å². The van der Waals surface area contributed by atoms with Gasteiger partial charge in [-0.05, 0) is 70.3 Å². The molecule has 0 radical (unpaired) electrons. The van der Waals surface area contributed by atoms with Crippen LogP contribution in [-0.2, 0) is 11.2 Å². The summed E-state index contributed by atoms with van der Waals surface area (Å²) in [5.74, 6) is 1.32. The average Bonchev–Trinajstić information content (AvgIpc) is 2.66. The SMILES string of the molecule is CC(C)(C)NC(=O)C1CC2CCCCC2C(CC(O)CCc2ccccc2)N1. The number of nitrogens with one attached hydrogen (secondary N) is 2. The smallest absolute Gasteiger partial charge is 0.237 e. The Morgan fingerprint density at radius 1 is 1.21 bits per heavy atom. The molecule has 1 saturated carbocycles. The molecule has 2 fully saturated rings. The molecule has 1 aromatic rings. The van der Waals surface area contributed by atoms with Crippen molar-refractivity contribution in [2.24, 2.45) is 11.8 Å². The van der Waals surface area contributed by atoms with Crippen LogP contribution in [-0.4, -0.2) is 34.7 Å². The molecule has 4 heteroatoms. The molecule has 4 nitrogen and oxygen atoms in total. The van der Waals surface area contributed by atoms with Gasteiger partial charge in [-0.3, -0.25) is 4.79 Å². The third kappa shape index (κ3) is 6.05. The average molecular weight is 387 g/mol.